The monoisotopic (exact) mass is 480 g/mol. The number of fused-ring (bicyclic) bond motifs is 1. The van der Waals surface area contributed by atoms with Crippen molar-refractivity contribution < 1.29 is 8.42 Å². The van der Waals surface area contributed by atoms with Crippen LogP contribution in [0.2, 0.25) is 5.02 Å². The van der Waals surface area contributed by atoms with E-state index in [0.717, 1.165) is 22.5 Å². The molecule has 0 spiro atoms. The molecule has 3 aromatic rings. The van der Waals surface area contributed by atoms with E-state index >= 15 is 0 Å². The van der Waals surface area contributed by atoms with Crippen LogP contribution in [0.1, 0.15) is 16.8 Å². The van der Waals surface area contributed by atoms with Gasteiger partial charge in [-0.3, -0.25) is 0 Å². The summed E-state index contributed by atoms with van der Waals surface area (Å²) in [6.07, 6.45) is 5.68. The van der Waals surface area contributed by atoms with E-state index in [4.69, 9.17) is 11.6 Å². The number of rotatable bonds is 5. The Bertz CT molecular complexity index is 1140. The van der Waals surface area contributed by atoms with Gasteiger partial charge >= 0.3 is 0 Å². The van der Waals surface area contributed by atoms with Gasteiger partial charge in [-0.1, -0.05) is 41.9 Å². The molecule has 0 fully saturated rings. The van der Waals surface area contributed by atoms with E-state index in [0.29, 0.717) is 31.1 Å². The molecule has 2 heterocycles. The van der Waals surface area contributed by atoms with Gasteiger partial charge < -0.3 is 9.47 Å². The van der Waals surface area contributed by atoms with E-state index in [9.17, 15) is 8.42 Å². The highest BCUT2D eigenvalue weighted by Gasteiger charge is 2.33. The zero-order valence-corrected chi connectivity index (χ0v) is 19.9. The fraction of sp³-hybridized carbons (Fsp3) is 0.318. The van der Waals surface area contributed by atoms with E-state index in [1.807, 2.05) is 66.3 Å². The minimum absolute atomic E-state index is 0. The molecule has 6 nitrogen and oxygen atoms in total. The SMILES string of the molecule is Cl.Cn1cnc(CN2C[C@@H](Cc3ccccc3)N(S(C)(=O)=O)Cc3cc(Cl)ccc32)c1. The van der Waals surface area contributed by atoms with Crippen LogP contribution in [0.15, 0.2) is 61.1 Å². The van der Waals surface area contributed by atoms with Crippen LogP contribution in [0, 0.1) is 0 Å². The Kier molecular flexibility index (Phi) is 7.31. The molecule has 0 saturated carbocycles. The van der Waals surface area contributed by atoms with Crippen LogP contribution >= 0.6 is 24.0 Å². The van der Waals surface area contributed by atoms with Gasteiger partial charge in [-0.25, -0.2) is 13.4 Å². The normalized spacial score (nSPS) is 17.0. The molecular formula is C22H26Cl2N4O2S. The van der Waals surface area contributed by atoms with Gasteiger partial charge in [0.15, 0.2) is 0 Å². The summed E-state index contributed by atoms with van der Waals surface area (Å²) in [4.78, 5) is 6.69. The molecule has 0 aliphatic carbocycles. The highest BCUT2D eigenvalue weighted by atomic mass is 35.5. The molecule has 0 bridgehead atoms. The number of halogens is 2. The summed E-state index contributed by atoms with van der Waals surface area (Å²) in [6, 6.07) is 15.5. The highest BCUT2D eigenvalue weighted by Crippen LogP contribution is 2.32. The van der Waals surface area contributed by atoms with Crippen molar-refractivity contribution in [2.45, 2.75) is 25.6 Å². The van der Waals surface area contributed by atoms with E-state index in [1.54, 1.807) is 10.6 Å². The summed E-state index contributed by atoms with van der Waals surface area (Å²) < 4.78 is 29.0. The van der Waals surface area contributed by atoms with Gasteiger partial charge in [0.1, 0.15) is 0 Å². The minimum atomic E-state index is -3.42. The summed E-state index contributed by atoms with van der Waals surface area (Å²) in [5.41, 5.74) is 3.94. The first-order valence-corrected chi connectivity index (χ1v) is 12.0. The zero-order chi connectivity index (χ0) is 21.3. The maximum absolute atomic E-state index is 12.8. The van der Waals surface area contributed by atoms with E-state index in [-0.39, 0.29) is 18.4 Å². The lowest BCUT2D eigenvalue weighted by Gasteiger charge is -2.31. The Labute approximate surface area is 194 Å². The lowest BCUT2D eigenvalue weighted by atomic mass is 10.1. The van der Waals surface area contributed by atoms with Gasteiger partial charge in [0, 0.05) is 43.1 Å². The average molecular weight is 481 g/mol. The first kappa shape index (κ1) is 23.6. The number of aryl methyl sites for hydroxylation is 1. The summed E-state index contributed by atoms with van der Waals surface area (Å²) in [7, 11) is -1.48. The number of nitrogens with zero attached hydrogens (tertiary/aromatic N) is 4. The number of aromatic nitrogens is 2. The average Bonchev–Trinajstić information content (AvgIpc) is 3.03. The maximum Gasteiger partial charge on any atom is 0.211 e. The molecule has 2 aromatic carbocycles. The fourth-order valence-electron chi connectivity index (χ4n) is 4.06. The molecule has 1 aliphatic rings. The van der Waals surface area contributed by atoms with Crippen molar-refractivity contribution in [3.8, 4) is 0 Å². The van der Waals surface area contributed by atoms with Gasteiger partial charge in [0.2, 0.25) is 10.0 Å². The molecule has 9 heteroatoms. The largest absolute Gasteiger partial charge is 0.364 e. The number of imidazole rings is 1. The van der Waals surface area contributed by atoms with Crippen LogP contribution in [0.4, 0.5) is 5.69 Å². The number of benzene rings is 2. The van der Waals surface area contributed by atoms with Crippen molar-refractivity contribution in [3.63, 3.8) is 0 Å². The second kappa shape index (κ2) is 9.61. The molecular weight excluding hydrogens is 455 g/mol. The van der Waals surface area contributed by atoms with Gasteiger partial charge in [0.05, 0.1) is 24.8 Å². The van der Waals surface area contributed by atoms with E-state index < -0.39 is 10.0 Å². The quantitative estimate of drug-likeness (QED) is 0.555. The predicted molar refractivity (Wildman–Crippen MR) is 127 cm³/mol. The Morgan fingerprint density at radius 1 is 1.16 bits per heavy atom. The molecule has 0 unspecified atom stereocenters. The van der Waals surface area contributed by atoms with Crippen LogP contribution in [-0.4, -0.2) is 41.1 Å². The molecule has 0 saturated heterocycles. The first-order chi connectivity index (χ1) is 14.3. The maximum atomic E-state index is 12.8. The highest BCUT2D eigenvalue weighted by molar-refractivity contribution is 7.88. The van der Waals surface area contributed by atoms with Crippen molar-refractivity contribution >= 4 is 39.7 Å². The van der Waals surface area contributed by atoms with Gasteiger partial charge in [-0.05, 0) is 35.7 Å². The van der Waals surface area contributed by atoms with Crippen molar-refractivity contribution in [3.05, 3.63) is 82.9 Å². The Morgan fingerprint density at radius 3 is 2.55 bits per heavy atom. The number of hydrogen-bond acceptors (Lipinski definition) is 4. The molecule has 166 valence electrons. The predicted octanol–water partition coefficient (Wildman–Crippen LogP) is 3.89. The third kappa shape index (κ3) is 5.60. The van der Waals surface area contributed by atoms with Crippen molar-refractivity contribution in [2.24, 2.45) is 7.05 Å². The summed E-state index contributed by atoms with van der Waals surface area (Å²) >= 11 is 6.27. The van der Waals surface area contributed by atoms with E-state index in [1.165, 1.54) is 6.26 Å². The third-order valence-corrected chi connectivity index (χ3v) is 6.91. The smallest absolute Gasteiger partial charge is 0.211 e. The first-order valence-electron chi connectivity index (χ1n) is 9.80. The standard InChI is InChI=1S/C22H25ClN4O2S.ClH/c1-25-13-20(24-16-25)14-26-15-21(10-17-6-4-3-5-7-17)27(30(2,28)29)12-18-11-19(23)8-9-22(18)26;/h3-9,11,13,16,21H,10,12,14-15H2,1-2H3;1H/t21-;/m1./s1. The number of sulfonamides is 1. The molecule has 0 amide bonds. The molecule has 1 aromatic heterocycles. The van der Waals surface area contributed by atoms with Crippen LogP contribution in [0.3, 0.4) is 0 Å². The van der Waals surface area contributed by atoms with E-state index in [2.05, 4.69) is 9.88 Å². The van der Waals surface area contributed by atoms with Crippen molar-refractivity contribution in [1.29, 1.82) is 0 Å². The van der Waals surface area contributed by atoms with Gasteiger partial charge in [-0.2, -0.15) is 4.31 Å². The Balaban J connectivity index is 0.00000272. The fourth-order valence-corrected chi connectivity index (χ4v) is 5.32. The lowest BCUT2D eigenvalue weighted by molar-refractivity contribution is 0.320. The minimum Gasteiger partial charge on any atom is -0.364 e. The zero-order valence-electron chi connectivity index (χ0n) is 17.5. The topological polar surface area (TPSA) is 58.4 Å². The molecule has 1 aliphatic heterocycles. The molecule has 4 rings (SSSR count). The second-order valence-electron chi connectivity index (χ2n) is 7.84. The van der Waals surface area contributed by atoms with Crippen LogP contribution in [-0.2, 0) is 36.6 Å². The number of anilines is 1. The van der Waals surface area contributed by atoms with Crippen LogP contribution in [0.25, 0.3) is 0 Å². The molecule has 0 radical (unpaired) electrons. The van der Waals surface area contributed by atoms with Gasteiger partial charge in [-0.15, -0.1) is 12.4 Å². The van der Waals surface area contributed by atoms with Crippen molar-refractivity contribution in [2.75, 3.05) is 17.7 Å². The second-order valence-corrected chi connectivity index (χ2v) is 10.2. The lowest BCUT2D eigenvalue weighted by Crippen LogP contribution is -2.45. The van der Waals surface area contributed by atoms with Gasteiger partial charge in [0.25, 0.3) is 0 Å². The Hall–Kier alpha value is -2.06. The van der Waals surface area contributed by atoms with Crippen LogP contribution < -0.4 is 4.90 Å². The summed E-state index contributed by atoms with van der Waals surface area (Å²) in [5.74, 6) is 0. The number of hydrogen-bond donors (Lipinski definition) is 0. The summed E-state index contributed by atoms with van der Waals surface area (Å²) in [6.45, 7) is 1.45. The molecule has 0 N–H and O–H groups in total. The Morgan fingerprint density at radius 2 is 1.90 bits per heavy atom. The summed E-state index contributed by atoms with van der Waals surface area (Å²) in [5, 5.41) is 0.599. The molecule has 1 atom stereocenters. The molecule has 31 heavy (non-hydrogen) atoms. The van der Waals surface area contributed by atoms with Crippen molar-refractivity contribution in [1.82, 2.24) is 13.9 Å². The van der Waals surface area contributed by atoms with Crippen LogP contribution in [0.5, 0.6) is 0 Å². The third-order valence-electron chi connectivity index (χ3n) is 5.40.